The molecule has 0 atom stereocenters. The van der Waals surface area contributed by atoms with Crippen molar-refractivity contribution >= 4 is 5.69 Å². The third-order valence-electron chi connectivity index (χ3n) is 2.53. The first-order valence-corrected chi connectivity index (χ1v) is 6.38. The number of pyridine rings is 1. The Kier molecular flexibility index (Phi) is 3.37. The molecule has 0 amide bonds. The molecule has 0 spiro atoms. The summed E-state index contributed by atoms with van der Waals surface area (Å²) in [5.74, 6) is 1.47. The molecule has 18 heavy (non-hydrogen) atoms. The van der Waals surface area contributed by atoms with Gasteiger partial charge in [0, 0.05) is 20.2 Å². The van der Waals surface area contributed by atoms with E-state index >= 15 is 0 Å². The summed E-state index contributed by atoms with van der Waals surface area (Å²) in [7, 11) is 3.97. The second-order valence-electron chi connectivity index (χ2n) is 5.92. The van der Waals surface area contributed by atoms with Crippen molar-refractivity contribution in [3.63, 3.8) is 0 Å². The first-order chi connectivity index (χ1) is 8.35. The molecule has 0 aromatic carbocycles. The van der Waals surface area contributed by atoms with E-state index in [4.69, 9.17) is 9.47 Å². The van der Waals surface area contributed by atoms with Gasteiger partial charge in [-0.2, -0.15) is 0 Å². The number of ether oxygens (including phenoxy) is 2. The molecule has 1 fully saturated rings. The molecule has 0 N–H and O–H groups in total. The zero-order valence-electron chi connectivity index (χ0n) is 11.9. The van der Waals surface area contributed by atoms with Gasteiger partial charge in [0.2, 0.25) is 5.88 Å². The van der Waals surface area contributed by atoms with Gasteiger partial charge in [0.15, 0.2) is 0 Å². The zero-order chi connectivity index (χ0) is 13.3. The van der Waals surface area contributed by atoms with Gasteiger partial charge < -0.3 is 14.4 Å². The van der Waals surface area contributed by atoms with Crippen LogP contribution in [0.5, 0.6) is 11.6 Å². The number of anilines is 1. The Morgan fingerprint density at radius 2 is 1.94 bits per heavy atom. The molecule has 100 valence electrons. The fraction of sp³-hybridized carbons (Fsp3) is 0.643. The summed E-state index contributed by atoms with van der Waals surface area (Å²) in [6.45, 7) is 6.03. The molecule has 1 aliphatic rings. The lowest BCUT2D eigenvalue weighted by Gasteiger charge is -2.22. The Morgan fingerprint density at radius 3 is 2.44 bits per heavy atom. The lowest BCUT2D eigenvalue weighted by molar-refractivity contribution is 0.123. The lowest BCUT2D eigenvalue weighted by atomic mass is 10.2. The highest BCUT2D eigenvalue weighted by Crippen LogP contribution is 2.35. The monoisotopic (exact) mass is 250 g/mol. The topological polar surface area (TPSA) is 34.6 Å². The van der Waals surface area contributed by atoms with Crippen LogP contribution in [0.4, 0.5) is 5.69 Å². The van der Waals surface area contributed by atoms with E-state index < -0.39 is 0 Å². The van der Waals surface area contributed by atoms with E-state index in [0.29, 0.717) is 12.0 Å². The summed E-state index contributed by atoms with van der Waals surface area (Å²) in [5.41, 5.74) is 0.742. The molecule has 1 aromatic heterocycles. The second-order valence-corrected chi connectivity index (χ2v) is 5.92. The first-order valence-electron chi connectivity index (χ1n) is 6.38. The van der Waals surface area contributed by atoms with Crippen LogP contribution in [0.2, 0.25) is 0 Å². The third-order valence-corrected chi connectivity index (χ3v) is 2.53. The van der Waals surface area contributed by atoms with Crippen molar-refractivity contribution in [1.82, 2.24) is 4.98 Å². The smallest absolute Gasteiger partial charge is 0.217 e. The van der Waals surface area contributed by atoms with Gasteiger partial charge in [-0.05, 0) is 33.6 Å². The van der Waals surface area contributed by atoms with Crippen molar-refractivity contribution in [2.75, 3.05) is 19.0 Å². The Hall–Kier alpha value is -1.45. The predicted molar refractivity (Wildman–Crippen MR) is 72.6 cm³/mol. The van der Waals surface area contributed by atoms with E-state index in [0.717, 1.165) is 24.3 Å². The van der Waals surface area contributed by atoms with Gasteiger partial charge in [-0.25, -0.2) is 4.98 Å². The fourth-order valence-electron chi connectivity index (χ4n) is 1.58. The number of nitrogens with zero attached hydrogens (tertiary/aromatic N) is 2. The van der Waals surface area contributed by atoms with Gasteiger partial charge in [0.25, 0.3) is 0 Å². The van der Waals surface area contributed by atoms with Gasteiger partial charge in [-0.15, -0.1) is 0 Å². The quantitative estimate of drug-likeness (QED) is 0.823. The summed E-state index contributed by atoms with van der Waals surface area (Å²) >= 11 is 0. The summed E-state index contributed by atoms with van der Waals surface area (Å²) in [6.07, 6.45) is 4.46. The Labute approximate surface area is 109 Å². The van der Waals surface area contributed by atoms with Crippen LogP contribution in [0.25, 0.3) is 0 Å². The van der Waals surface area contributed by atoms with E-state index in [1.54, 1.807) is 6.20 Å². The molecule has 1 aliphatic carbocycles. The molecule has 0 unspecified atom stereocenters. The van der Waals surface area contributed by atoms with E-state index in [9.17, 15) is 0 Å². The van der Waals surface area contributed by atoms with Gasteiger partial charge in [-0.1, -0.05) is 0 Å². The molecule has 1 saturated carbocycles. The highest BCUT2D eigenvalue weighted by molar-refractivity contribution is 5.57. The maximum absolute atomic E-state index is 5.91. The summed E-state index contributed by atoms with van der Waals surface area (Å²) in [5, 5.41) is 0. The highest BCUT2D eigenvalue weighted by Gasteiger charge is 2.25. The molecular formula is C14H22N2O2. The van der Waals surface area contributed by atoms with Crippen LogP contribution in [0.15, 0.2) is 12.3 Å². The maximum atomic E-state index is 5.91. The van der Waals surface area contributed by atoms with Gasteiger partial charge in [0.05, 0.1) is 18.0 Å². The minimum absolute atomic E-state index is 0.247. The van der Waals surface area contributed by atoms with Crippen LogP contribution in [-0.4, -0.2) is 30.8 Å². The van der Waals surface area contributed by atoms with Crippen molar-refractivity contribution < 1.29 is 9.47 Å². The van der Waals surface area contributed by atoms with Gasteiger partial charge in [-0.3, -0.25) is 0 Å². The Bertz CT molecular complexity index is 420. The Balaban J connectivity index is 2.23. The summed E-state index contributed by atoms with van der Waals surface area (Å²) < 4.78 is 11.7. The molecule has 0 saturated heterocycles. The predicted octanol–water partition coefficient (Wildman–Crippen LogP) is 2.87. The summed E-state index contributed by atoms with van der Waals surface area (Å²) in [6, 6.07) is 1.89. The number of hydrogen-bond donors (Lipinski definition) is 0. The molecule has 2 rings (SSSR count). The molecule has 0 aliphatic heterocycles. The SMILES string of the molecule is CN(C)c1cnc(OC(C)(C)C)cc1OC1CC1. The first kappa shape index (κ1) is 13.0. The van der Waals surface area contributed by atoms with Crippen LogP contribution in [0.1, 0.15) is 33.6 Å². The number of aromatic nitrogens is 1. The number of rotatable bonds is 4. The van der Waals surface area contributed by atoms with E-state index in [-0.39, 0.29) is 5.60 Å². The van der Waals surface area contributed by atoms with E-state index in [2.05, 4.69) is 4.98 Å². The van der Waals surface area contributed by atoms with E-state index in [1.807, 2.05) is 45.8 Å². The van der Waals surface area contributed by atoms with Gasteiger partial charge in [0.1, 0.15) is 11.4 Å². The Morgan fingerprint density at radius 1 is 1.28 bits per heavy atom. The molecule has 4 nitrogen and oxygen atoms in total. The fourth-order valence-corrected chi connectivity index (χ4v) is 1.58. The minimum atomic E-state index is -0.247. The van der Waals surface area contributed by atoms with Crippen LogP contribution < -0.4 is 14.4 Å². The van der Waals surface area contributed by atoms with Crippen molar-refractivity contribution in [1.29, 1.82) is 0 Å². The highest BCUT2D eigenvalue weighted by atomic mass is 16.5. The lowest BCUT2D eigenvalue weighted by Crippen LogP contribution is -2.23. The van der Waals surface area contributed by atoms with Crippen LogP contribution in [0, 0.1) is 0 Å². The largest absolute Gasteiger partial charge is 0.488 e. The molecule has 0 bridgehead atoms. The standard InChI is InChI=1S/C14H22N2O2/c1-14(2,3)18-13-8-12(17-10-6-7-10)11(9-15-13)16(4)5/h8-10H,6-7H2,1-5H3. The van der Waals surface area contributed by atoms with Crippen LogP contribution in [0.3, 0.4) is 0 Å². The third kappa shape index (κ3) is 3.52. The molecule has 4 heteroatoms. The molecule has 1 aromatic rings. The summed E-state index contributed by atoms with van der Waals surface area (Å²) in [4.78, 5) is 6.34. The minimum Gasteiger partial charge on any atom is -0.488 e. The van der Waals surface area contributed by atoms with Crippen molar-refractivity contribution in [3.05, 3.63) is 12.3 Å². The van der Waals surface area contributed by atoms with Crippen LogP contribution in [-0.2, 0) is 0 Å². The van der Waals surface area contributed by atoms with E-state index in [1.165, 1.54) is 0 Å². The van der Waals surface area contributed by atoms with Crippen molar-refractivity contribution in [2.24, 2.45) is 0 Å². The molecule has 1 heterocycles. The van der Waals surface area contributed by atoms with Gasteiger partial charge >= 0.3 is 0 Å². The normalized spacial score (nSPS) is 15.4. The molecular weight excluding hydrogens is 228 g/mol. The molecule has 0 radical (unpaired) electrons. The van der Waals surface area contributed by atoms with Crippen molar-refractivity contribution in [3.8, 4) is 11.6 Å². The second kappa shape index (κ2) is 4.67. The number of hydrogen-bond acceptors (Lipinski definition) is 4. The average molecular weight is 250 g/mol. The van der Waals surface area contributed by atoms with Crippen molar-refractivity contribution in [2.45, 2.75) is 45.3 Å². The zero-order valence-corrected chi connectivity index (χ0v) is 11.9. The average Bonchev–Trinajstić information content (AvgIpc) is 2.98. The van der Waals surface area contributed by atoms with Crippen LogP contribution >= 0.6 is 0 Å². The maximum Gasteiger partial charge on any atom is 0.217 e.